The maximum absolute atomic E-state index is 11.7. The summed E-state index contributed by atoms with van der Waals surface area (Å²) in [7, 11) is 0. The average molecular weight is 303 g/mol. The number of nitrogens with one attached hydrogen (secondary N) is 2. The zero-order chi connectivity index (χ0) is 12.0. The topological polar surface area (TPSA) is 84.2 Å². The van der Waals surface area contributed by atoms with E-state index in [9.17, 15) is 9.59 Å². The highest BCUT2D eigenvalue weighted by molar-refractivity contribution is 9.10. The number of fused-ring (bicyclic) bond motifs is 2. The van der Waals surface area contributed by atoms with E-state index in [1.54, 1.807) is 0 Å². The highest BCUT2D eigenvalue weighted by atomic mass is 79.9. The fourth-order valence-electron chi connectivity index (χ4n) is 2.29. The second-order valence-electron chi connectivity index (χ2n) is 4.35. The Morgan fingerprint density at radius 2 is 2.18 bits per heavy atom. The van der Waals surface area contributed by atoms with Gasteiger partial charge in [-0.15, -0.1) is 0 Å². The van der Waals surface area contributed by atoms with Crippen LogP contribution in [0.15, 0.2) is 9.59 Å². The van der Waals surface area contributed by atoms with E-state index < -0.39 is 17.5 Å². The van der Waals surface area contributed by atoms with Crippen molar-refractivity contribution in [1.82, 2.24) is 9.97 Å². The number of ether oxygens (including phenoxy) is 2. The molecule has 6 nitrogen and oxygen atoms in total. The summed E-state index contributed by atoms with van der Waals surface area (Å²) in [5.41, 5.74) is -0.499. The minimum atomic E-state index is -0.563. The third kappa shape index (κ3) is 1.73. The van der Waals surface area contributed by atoms with Crippen molar-refractivity contribution in [2.24, 2.45) is 0 Å². The Balaban J connectivity index is 2.10. The molecule has 0 radical (unpaired) electrons. The number of alkyl halides is 1. The van der Waals surface area contributed by atoms with Gasteiger partial charge in [-0.2, -0.15) is 0 Å². The SMILES string of the molecule is O=c1[nH]c2c(c(=O)[nH]1)C[C@@]1(Br)CCCO[C@@H]1O2. The summed E-state index contributed by atoms with van der Waals surface area (Å²) in [6.45, 7) is 0.626. The normalized spacial score (nSPS) is 31.2. The van der Waals surface area contributed by atoms with Crippen LogP contribution in [0, 0.1) is 0 Å². The van der Waals surface area contributed by atoms with Crippen LogP contribution in [0.25, 0.3) is 0 Å². The van der Waals surface area contributed by atoms with Crippen molar-refractivity contribution < 1.29 is 9.47 Å². The maximum Gasteiger partial charge on any atom is 0.328 e. The Bertz CT molecular complexity index is 566. The molecule has 0 bridgehead atoms. The van der Waals surface area contributed by atoms with Gasteiger partial charge in [0.25, 0.3) is 5.56 Å². The molecule has 1 saturated heterocycles. The molecular weight excluding hydrogens is 292 g/mol. The molecule has 1 fully saturated rings. The van der Waals surface area contributed by atoms with Crippen LogP contribution in [0.4, 0.5) is 0 Å². The number of aromatic nitrogens is 2. The van der Waals surface area contributed by atoms with Crippen LogP contribution < -0.4 is 16.0 Å². The number of hydrogen-bond donors (Lipinski definition) is 2. The molecule has 0 amide bonds. The van der Waals surface area contributed by atoms with Crippen molar-refractivity contribution in [3.63, 3.8) is 0 Å². The van der Waals surface area contributed by atoms with Gasteiger partial charge in [-0.05, 0) is 12.8 Å². The maximum atomic E-state index is 11.7. The predicted octanol–water partition coefficient (Wildman–Crippen LogP) is 0.268. The van der Waals surface area contributed by atoms with Gasteiger partial charge in [0.1, 0.15) is 0 Å². The molecule has 1 aromatic rings. The van der Waals surface area contributed by atoms with Gasteiger partial charge in [0.05, 0.1) is 16.5 Å². The number of aromatic amines is 2. The summed E-state index contributed by atoms with van der Waals surface area (Å²) in [6.07, 6.45) is 1.82. The minimum absolute atomic E-state index is 0.223. The molecule has 0 spiro atoms. The molecule has 2 N–H and O–H groups in total. The van der Waals surface area contributed by atoms with Gasteiger partial charge < -0.3 is 9.47 Å². The molecule has 2 aliphatic rings. The van der Waals surface area contributed by atoms with Gasteiger partial charge in [-0.1, -0.05) is 15.9 Å². The zero-order valence-electron chi connectivity index (χ0n) is 8.92. The van der Waals surface area contributed by atoms with E-state index in [-0.39, 0.29) is 10.2 Å². The van der Waals surface area contributed by atoms with Crippen LogP contribution in [-0.4, -0.2) is 27.2 Å². The molecule has 3 rings (SSSR count). The van der Waals surface area contributed by atoms with Crippen LogP contribution in [0.1, 0.15) is 18.4 Å². The summed E-state index contributed by atoms with van der Waals surface area (Å²) < 4.78 is 10.7. The second-order valence-corrected chi connectivity index (χ2v) is 5.93. The van der Waals surface area contributed by atoms with Crippen LogP contribution >= 0.6 is 15.9 Å². The molecule has 0 aromatic carbocycles. The Kier molecular flexibility index (Phi) is 2.41. The molecule has 0 saturated carbocycles. The molecule has 0 aliphatic carbocycles. The third-order valence-corrected chi connectivity index (χ3v) is 4.18. The number of halogens is 1. The highest BCUT2D eigenvalue weighted by Crippen LogP contribution is 2.41. The lowest BCUT2D eigenvalue weighted by Crippen LogP contribution is -2.52. The molecule has 2 atom stereocenters. The number of H-pyrrole nitrogens is 2. The van der Waals surface area contributed by atoms with E-state index in [0.717, 1.165) is 12.8 Å². The average Bonchev–Trinajstić information content (AvgIpc) is 2.27. The van der Waals surface area contributed by atoms with E-state index in [1.807, 2.05) is 0 Å². The first-order valence-electron chi connectivity index (χ1n) is 5.41. The van der Waals surface area contributed by atoms with Gasteiger partial charge in [0.2, 0.25) is 12.2 Å². The van der Waals surface area contributed by atoms with Crippen LogP contribution in [-0.2, 0) is 11.2 Å². The zero-order valence-corrected chi connectivity index (χ0v) is 10.5. The van der Waals surface area contributed by atoms with Crippen molar-refractivity contribution in [3.8, 4) is 5.88 Å². The van der Waals surface area contributed by atoms with Crippen LogP contribution in [0.2, 0.25) is 0 Å². The standard InChI is InChI=1S/C10H11BrN2O4/c11-10-2-1-3-16-8(10)17-7-5(4-10)6(14)12-9(15)13-7/h8H,1-4H2,(H2,12,13,14,15)/t8-,10+/m1/s1. The van der Waals surface area contributed by atoms with Crippen molar-refractivity contribution in [2.75, 3.05) is 6.61 Å². The molecule has 3 heterocycles. The minimum Gasteiger partial charge on any atom is -0.448 e. The first kappa shape index (κ1) is 11.0. The van der Waals surface area contributed by atoms with Gasteiger partial charge in [0.15, 0.2) is 0 Å². The highest BCUT2D eigenvalue weighted by Gasteiger charge is 2.46. The quantitative estimate of drug-likeness (QED) is 0.674. The summed E-state index contributed by atoms with van der Waals surface area (Å²) in [5, 5.41) is 0. The smallest absolute Gasteiger partial charge is 0.328 e. The summed E-state index contributed by atoms with van der Waals surface area (Å²) in [4.78, 5) is 27.5. The molecule has 7 heteroatoms. The van der Waals surface area contributed by atoms with Gasteiger partial charge in [-0.25, -0.2) is 4.79 Å². The Morgan fingerprint density at radius 1 is 1.35 bits per heavy atom. The lowest BCUT2D eigenvalue weighted by Gasteiger charge is -2.42. The van der Waals surface area contributed by atoms with E-state index in [0.29, 0.717) is 18.6 Å². The third-order valence-electron chi connectivity index (χ3n) is 3.13. The Hall–Kier alpha value is -1.08. The molecule has 1 aromatic heterocycles. The fraction of sp³-hybridized carbons (Fsp3) is 0.600. The largest absolute Gasteiger partial charge is 0.448 e. The van der Waals surface area contributed by atoms with E-state index >= 15 is 0 Å². The van der Waals surface area contributed by atoms with Crippen LogP contribution in [0.5, 0.6) is 5.88 Å². The van der Waals surface area contributed by atoms with Gasteiger partial charge >= 0.3 is 5.69 Å². The first-order valence-corrected chi connectivity index (χ1v) is 6.20. The molecular formula is C10H11BrN2O4. The van der Waals surface area contributed by atoms with E-state index in [1.165, 1.54) is 0 Å². The fourth-order valence-corrected chi connectivity index (χ4v) is 3.07. The Morgan fingerprint density at radius 3 is 3.00 bits per heavy atom. The molecule has 92 valence electrons. The molecule has 17 heavy (non-hydrogen) atoms. The van der Waals surface area contributed by atoms with Crippen molar-refractivity contribution in [2.45, 2.75) is 29.9 Å². The number of hydrogen-bond acceptors (Lipinski definition) is 4. The second kappa shape index (κ2) is 3.71. The van der Waals surface area contributed by atoms with Gasteiger partial charge in [-0.3, -0.25) is 14.8 Å². The van der Waals surface area contributed by atoms with E-state index in [4.69, 9.17) is 9.47 Å². The van der Waals surface area contributed by atoms with Crippen molar-refractivity contribution in [1.29, 1.82) is 0 Å². The van der Waals surface area contributed by atoms with Crippen molar-refractivity contribution >= 4 is 15.9 Å². The lowest BCUT2D eigenvalue weighted by atomic mass is 9.91. The monoisotopic (exact) mass is 302 g/mol. The molecule has 2 aliphatic heterocycles. The summed E-state index contributed by atoms with van der Waals surface area (Å²) in [5.74, 6) is 0.223. The van der Waals surface area contributed by atoms with Gasteiger partial charge in [0, 0.05) is 6.42 Å². The Labute approximate surface area is 104 Å². The van der Waals surface area contributed by atoms with E-state index in [2.05, 4.69) is 25.9 Å². The van der Waals surface area contributed by atoms with Crippen molar-refractivity contribution in [3.05, 3.63) is 26.4 Å². The van der Waals surface area contributed by atoms with Crippen LogP contribution in [0.3, 0.4) is 0 Å². The number of rotatable bonds is 0. The first-order chi connectivity index (χ1) is 8.08. The lowest BCUT2D eigenvalue weighted by molar-refractivity contribution is -0.135. The summed E-state index contributed by atoms with van der Waals surface area (Å²) in [6, 6.07) is 0. The summed E-state index contributed by atoms with van der Waals surface area (Å²) >= 11 is 3.60. The molecule has 0 unspecified atom stereocenters. The predicted molar refractivity (Wildman–Crippen MR) is 62.6 cm³/mol.